The van der Waals surface area contributed by atoms with E-state index in [4.69, 9.17) is 5.26 Å². The van der Waals surface area contributed by atoms with Gasteiger partial charge in [0.05, 0.1) is 23.3 Å². The van der Waals surface area contributed by atoms with Gasteiger partial charge in [-0.3, -0.25) is 4.79 Å². The standard InChI is InChI=1S/C22H25FN4O3S2/c23-18-6-8-19(9-7-18)27(15-5-12-24)22(28)17-31-21-11-10-20(16-25-21)32(29,30)26-13-3-1-2-4-14-26/h6-11,16H,1-5,13-15,17H2. The SMILES string of the molecule is N#CCCN(C(=O)CSc1ccc(S(=O)(=O)N2CCCCCC2)cn1)c1ccc(F)cc1. The van der Waals surface area contributed by atoms with Crippen LogP contribution in [-0.2, 0) is 14.8 Å². The van der Waals surface area contributed by atoms with Gasteiger partial charge in [-0.1, -0.05) is 24.6 Å². The van der Waals surface area contributed by atoms with Crippen molar-refractivity contribution < 1.29 is 17.6 Å². The highest BCUT2D eigenvalue weighted by Crippen LogP contribution is 2.23. The summed E-state index contributed by atoms with van der Waals surface area (Å²) in [6.07, 6.45) is 5.28. The normalized spacial score (nSPS) is 15.0. The summed E-state index contributed by atoms with van der Waals surface area (Å²) in [5.74, 6) is -0.608. The number of thioether (sulfide) groups is 1. The van der Waals surface area contributed by atoms with E-state index in [0.717, 1.165) is 25.7 Å². The molecule has 0 aliphatic carbocycles. The molecule has 0 radical (unpaired) electrons. The highest BCUT2D eigenvalue weighted by Gasteiger charge is 2.25. The van der Waals surface area contributed by atoms with Crippen molar-refractivity contribution in [3.8, 4) is 6.07 Å². The molecule has 1 amide bonds. The molecule has 1 saturated heterocycles. The molecule has 0 unspecified atom stereocenters. The predicted molar refractivity (Wildman–Crippen MR) is 121 cm³/mol. The van der Waals surface area contributed by atoms with Gasteiger partial charge in [-0.05, 0) is 49.2 Å². The van der Waals surface area contributed by atoms with E-state index in [1.54, 1.807) is 6.07 Å². The van der Waals surface area contributed by atoms with Crippen molar-refractivity contribution in [2.45, 2.75) is 42.0 Å². The molecular formula is C22H25FN4O3S2. The monoisotopic (exact) mass is 476 g/mol. The third-order valence-electron chi connectivity index (χ3n) is 5.14. The van der Waals surface area contributed by atoms with Crippen LogP contribution in [0.15, 0.2) is 52.5 Å². The largest absolute Gasteiger partial charge is 0.311 e. The molecule has 1 fully saturated rings. The Morgan fingerprint density at radius 3 is 2.41 bits per heavy atom. The quantitative estimate of drug-likeness (QED) is 0.538. The van der Waals surface area contributed by atoms with E-state index in [9.17, 15) is 17.6 Å². The molecule has 0 bridgehead atoms. The van der Waals surface area contributed by atoms with Gasteiger partial charge >= 0.3 is 0 Å². The second-order valence-corrected chi connectivity index (χ2v) is 10.3. The van der Waals surface area contributed by atoms with Crippen LogP contribution in [0.3, 0.4) is 0 Å². The Morgan fingerprint density at radius 1 is 1.12 bits per heavy atom. The minimum absolute atomic E-state index is 0.0496. The highest BCUT2D eigenvalue weighted by molar-refractivity contribution is 7.99. The highest BCUT2D eigenvalue weighted by atomic mass is 32.2. The Labute approximate surface area is 192 Å². The molecule has 1 aliphatic rings. The molecule has 1 aromatic heterocycles. The Hall–Kier alpha value is -2.48. The maximum Gasteiger partial charge on any atom is 0.244 e. The second-order valence-electron chi connectivity index (χ2n) is 7.37. The van der Waals surface area contributed by atoms with E-state index in [2.05, 4.69) is 4.98 Å². The van der Waals surface area contributed by atoms with E-state index in [1.165, 1.54) is 57.5 Å². The Bertz CT molecular complexity index is 1050. The molecule has 0 atom stereocenters. The summed E-state index contributed by atoms with van der Waals surface area (Å²) in [6, 6.07) is 10.7. The van der Waals surface area contributed by atoms with Crippen molar-refractivity contribution in [2.75, 3.05) is 30.3 Å². The van der Waals surface area contributed by atoms with Gasteiger partial charge in [0.1, 0.15) is 10.7 Å². The Morgan fingerprint density at radius 2 is 1.81 bits per heavy atom. The number of benzene rings is 1. The third-order valence-corrected chi connectivity index (χ3v) is 7.95. The fourth-order valence-corrected chi connectivity index (χ4v) is 5.61. The summed E-state index contributed by atoms with van der Waals surface area (Å²) in [4.78, 5) is 18.6. The van der Waals surface area contributed by atoms with Crippen LogP contribution in [0.4, 0.5) is 10.1 Å². The van der Waals surface area contributed by atoms with Crippen molar-refractivity contribution >= 4 is 33.4 Å². The maximum atomic E-state index is 13.2. The number of anilines is 1. The molecule has 1 aliphatic heterocycles. The number of carbonyl (C=O) groups excluding carboxylic acids is 1. The predicted octanol–water partition coefficient (Wildman–Crippen LogP) is 3.82. The number of pyridine rings is 1. The van der Waals surface area contributed by atoms with Crippen LogP contribution in [0.5, 0.6) is 0 Å². The molecular weight excluding hydrogens is 451 g/mol. The number of hydrogen-bond acceptors (Lipinski definition) is 6. The molecule has 170 valence electrons. The van der Waals surface area contributed by atoms with Gasteiger partial charge < -0.3 is 4.90 Å². The summed E-state index contributed by atoms with van der Waals surface area (Å²) in [5.41, 5.74) is 0.513. The number of sulfonamides is 1. The molecule has 7 nitrogen and oxygen atoms in total. The lowest BCUT2D eigenvalue weighted by Gasteiger charge is -2.21. The number of amides is 1. The van der Waals surface area contributed by atoms with Gasteiger partial charge in [-0.25, -0.2) is 17.8 Å². The van der Waals surface area contributed by atoms with Crippen LogP contribution < -0.4 is 4.90 Å². The van der Waals surface area contributed by atoms with Crippen LogP contribution in [0.2, 0.25) is 0 Å². The first-order valence-electron chi connectivity index (χ1n) is 10.4. The first-order valence-corrected chi connectivity index (χ1v) is 12.9. The van der Waals surface area contributed by atoms with E-state index in [-0.39, 0.29) is 29.5 Å². The zero-order chi connectivity index (χ0) is 23.0. The van der Waals surface area contributed by atoms with Gasteiger partial charge in [0, 0.05) is 31.5 Å². The molecule has 0 spiro atoms. The zero-order valence-electron chi connectivity index (χ0n) is 17.6. The van der Waals surface area contributed by atoms with Crippen LogP contribution >= 0.6 is 11.8 Å². The van der Waals surface area contributed by atoms with Gasteiger partial charge in [0.2, 0.25) is 15.9 Å². The summed E-state index contributed by atoms with van der Waals surface area (Å²) >= 11 is 1.18. The van der Waals surface area contributed by atoms with E-state index >= 15 is 0 Å². The molecule has 3 rings (SSSR count). The molecule has 2 heterocycles. The number of halogens is 1. The summed E-state index contributed by atoms with van der Waals surface area (Å²) in [7, 11) is -3.57. The van der Waals surface area contributed by atoms with Crippen molar-refractivity contribution in [1.82, 2.24) is 9.29 Å². The van der Waals surface area contributed by atoms with Gasteiger partial charge in [0.25, 0.3) is 0 Å². The number of nitriles is 1. The van der Waals surface area contributed by atoms with Gasteiger partial charge in [-0.15, -0.1) is 0 Å². The molecule has 1 aromatic carbocycles. The molecule has 2 aromatic rings. The Kier molecular flexibility index (Phi) is 8.61. The summed E-state index contributed by atoms with van der Waals surface area (Å²) < 4.78 is 40.4. The van der Waals surface area contributed by atoms with Crippen LogP contribution in [-0.4, -0.2) is 49.0 Å². The van der Waals surface area contributed by atoms with Crippen molar-refractivity contribution in [2.24, 2.45) is 0 Å². The average Bonchev–Trinajstić information content (AvgIpc) is 3.09. The fraction of sp³-hybridized carbons (Fsp3) is 0.409. The number of nitrogens with zero attached hydrogens (tertiary/aromatic N) is 4. The van der Waals surface area contributed by atoms with Crippen molar-refractivity contribution in [1.29, 1.82) is 5.26 Å². The molecule has 0 N–H and O–H groups in total. The van der Waals surface area contributed by atoms with E-state index in [0.29, 0.717) is 23.8 Å². The topological polar surface area (TPSA) is 94.4 Å². The number of aromatic nitrogens is 1. The maximum absolute atomic E-state index is 13.2. The summed E-state index contributed by atoms with van der Waals surface area (Å²) in [5, 5.41) is 9.40. The van der Waals surface area contributed by atoms with Crippen LogP contribution in [0.25, 0.3) is 0 Å². The zero-order valence-corrected chi connectivity index (χ0v) is 19.2. The van der Waals surface area contributed by atoms with E-state index in [1.807, 2.05) is 6.07 Å². The molecule has 32 heavy (non-hydrogen) atoms. The minimum atomic E-state index is -3.57. The van der Waals surface area contributed by atoms with Crippen LogP contribution in [0, 0.1) is 17.1 Å². The summed E-state index contributed by atoms with van der Waals surface area (Å²) in [6.45, 7) is 1.24. The first kappa shape index (κ1) is 24.2. The Balaban J connectivity index is 1.64. The number of hydrogen-bond donors (Lipinski definition) is 0. The third kappa shape index (κ3) is 6.28. The minimum Gasteiger partial charge on any atom is -0.311 e. The molecule has 0 saturated carbocycles. The number of carbonyl (C=O) groups is 1. The van der Waals surface area contributed by atoms with Crippen molar-refractivity contribution in [3.63, 3.8) is 0 Å². The second kappa shape index (κ2) is 11.4. The average molecular weight is 477 g/mol. The van der Waals surface area contributed by atoms with Gasteiger partial charge in [-0.2, -0.15) is 9.57 Å². The fourth-order valence-electron chi connectivity index (χ4n) is 3.43. The molecule has 10 heteroatoms. The van der Waals surface area contributed by atoms with E-state index < -0.39 is 15.8 Å². The lowest BCUT2D eigenvalue weighted by atomic mass is 10.2. The lowest BCUT2D eigenvalue weighted by Crippen LogP contribution is -2.33. The van der Waals surface area contributed by atoms with Crippen LogP contribution in [0.1, 0.15) is 32.1 Å². The first-order chi connectivity index (χ1) is 15.4. The lowest BCUT2D eigenvalue weighted by molar-refractivity contribution is -0.116. The van der Waals surface area contributed by atoms with Crippen molar-refractivity contribution in [3.05, 3.63) is 48.4 Å². The van der Waals surface area contributed by atoms with Gasteiger partial charge in [0.15, 0.2) is 0 Å². The smallest absolute Gasteiger partial charge is 0.244 e. The number of rotatable bonds is 8.